The summed E-state index contributed by atoms with van der Waals surface area (Å²) < 4.78 is 3.61. The van der Waals surface area contributed by atoms with Gasteiger partial charge >= 0.3 is 0 Å². The lowest BCUT2D eigenvalue weighted by Gasteiger charge is -2.15. The molecule has 0 saturated carbocycles. The summed E-state index contributed by atoms with van der Waals surface area (Å²) in [5.74, 6) is 2.03. The van der Waals surface area contributed by atoms with Crippen LogP contribution < -0.4 is 5.32 Å². The molecule has 0 saturated heterocycles. The first-order valence-electron chi connectivity index (χ1n) is 9.23. The Morgan fingerprint density at radius 1 is 1.21 bits per heavy atom. The van der Waals surface area contributed by atoms with Gasteiger partial charge in [-0.3, -0.25) is 14.8 Å². The number of aromatic amines is 1. The minimum atomic E-state index is -0.153. The van der Waals surface area contributed by atoms with E-state index in [1.807, 2.05) is 67.9 Å². The fourth-order valence-electron chi connectivity index (χ4n) is 3.24. The predicted octanol–water partition coefficient (Wildman–Crippen LogP) is 1.47. The third kappa shape index (κ3) is 3.61. The van der Waals surface area contributed by atoms with Crippen molar-refractivity contribution in [1.82, 2.24) is 39.6 Å². The van der Waals surface area contributed by atoms with E-state index < -0.39 is 0 Å². The van der Waals surface area contributed by atoms with Crippen LogP contribution in [0.4, 0.5) is 5.82 Å². The van der Waals surface area contributed by atoms with Gasteiger partial charge in [-0.25, -0.2) is 4.68 Å². The van der Waals surface area contributed by atoms with Crippen molar-refractivity contribution in [3.8, 4) is 11.3 Å². The molecule has 4 aromatic rings. The number of carbonyl (C=O) groups excluding carboxylic acids is 1. The van der Waals surface area contributed by atoms with Crippen LogP contribution in [-0.2, 0) is 25.4 Å². The summed E-state index contributed by atoms with van der Waals surface area (Å²) >= 11 is 0. The average Bonchev–Trinajstić information content (AvgIpc) is 3.35. The second-order valence-electron chi connectivity index (χ2n) is 7.08. The van der Waals surface area contributed by atoms with Crippen LogP contribution in [0.15, 0.2) is 30.3 Å². The number of nitrogens with zero attached hydrogens (tertiary/aromatic N) is 7. The lowest BCUT2D eigenvalue weighted by atomic mass is 10.1. The Balaban J connectivity index is 1.52. The Morgan fingerprint density at radius 2 is 1.97 bits per heavy atom. The predicted molar refractivity (Wildman–Crippen MR) is 109 cm³/mol. The molecule has 3 aromatic heterocycles. The van der Waals surface area contributed by atoms with Crippen LogP contribution in [0.1, 0.15) is 11.6 Å². The summed E-state index contributed by atoms with van der Waals surface area (Å²) in [6, 6.07) is 9.83. The molecule has 1 aromatic carbocycles. The van der Waals surface area contributed by atoms with Gasteiger partial charge in [0.2, 0.25) is 5.91 Å². The summed E-state index contributed by atoms with van der Waals surface area (Å²) in [5.41, 5.74) is 2.42. The van der Waals surface area contributed by atoms with Crippen LogP contribution in [0.5, 0.6) is 0 Å². The highest BCUT2D eigenvalue weighted by Crippen LogP contribution is 2.31. The maximum Gasteiger partial charge on any atom is 0.239 e. The minimum absolute atomic E-state index is 0.153. The molecule has 4 rings (SSSR count). The van der Waals surface area contributed by atoms with E-state index in [0.29, 0.717) is 18.0 Å². The van der Waals surface area contributed by atoms with Crippen molar-refractivity contribution in [3.63, 3.8) is 0 Å². The molecule has 29 heavy (non-hydrogen) atoms. The zero-order chi connectivity index (χ0) is 20.5. The van der Waals surface area contributed by atoms with E-state index in [0.717, 1.165) is 28.3 Å². The van der Waals surface area contributed by atoms with Crippen molar-refractivity contribution in [2.45, 2.75) is 13.5 Å². The molecule has 3 heterocycles. The highest BCUT2D eigenvalue weighted by atomic mass is 16.2. The number of aromatic nitrogens is 7. The fraction of sp³-hybridized carbons (Fsp3) is 0.316. The van der Waals surface area contributed by atoms with Crippen molar-refractivity contribution in [3.05, 3.63) is 42.0 Å². The van der Waals surface area contributed by atoms with Crippen molar-refractivity contribution in [2.75, 3.05) is 18.9 Å². The van der Waals surface area contributed by atoms with Gasteiger partial charge in [0.25, 0.3) is 0 Å². The Hall–Kier alpha value is -3.53. The van der Waals surface area contributed by atoms with Crippen molar-refractivity contribution in [1.29, 1.82) is 0 Å². The number of nitrogens with one attached hydrogen (secondary N) is 2. The second-order valence-corrected chi connectivity index (χ2v) is 7.08. The third-order valence-electron chi connectivity index (χ3n) is 4.86. The Morgan fingerprint density at radius 3 is 2.66 bits per heavy atom. The van der Waals surface area contributed by atoms with Crippen LogP contribution in [0.25, 0.3) is 22.3 Å². The van der Waals surface area contributed by atoms with Gasteiger partial charge in [0.1, 0.15) is 23.2 Å². The van der Waals surface area contributed by atoms with Crippen LogP contribution in [0.3, 0.4) is 0 Å². The quantitative estimate of drug-likeness (QED) is 0.513. The molecule has 0 aliphatic rings. The van der Waals surface area contributed by atoms with E-state index in [2.05, 4.69) is 30.8 Å². The molecule has 1 amide bonds. The zero-order valence-corrected chi connectivity index (χ0v) is 16.8. The Kier molecular flexibility index (Phi) is 4.85. The molecule has 0 unspecified atom stereocenters. The standard InChI is InChI=1S/C19H23N9O/c1-12-21-22-14(27(12)3)10-26(2)11-15(29)20-18-16-17(13-8-6-5-7-9-13)25-28(4)19(16)24-23-18/h5-9H,10-11H2,1-4H3,(H2,20,23,24,29). The van der Waals surface area contributed by atoms with Gasteiger partial charge in [0.05, 0.1) is 18.5 Å². The molecule has 0 fully saturated rings. The van der Waals surface area contributed by atoms with Crippen molar-refractivity contribution >= 4 is 22.8 Å². The van der Waals surface area contributed by atoms with Crippen molar-refractivity contribution in [2.24, 2.45) is 14.1 Å². The first-order valence-corrected chi connectivity index (χ1v) is 9.23. The van der Waals surface area contributed by atoms with Gasteiger partial charge in [-0.2, -0.15) is 10.2 Å². The number of likely N-dealkylation sites (N-methyl/N-ethyl adjacent to an activating group) is 1. The topological polar surface area (TPSA) is 110 Å². The number of anilines is 1. The maximum atomic E-state index is 12.6. The molecule has 0 radical (unpaired) electrons. The highest BCUT2D eigenvalue weighted by Gasteiger charge is 2.20. The molecule has 10 nitrogen and oxygen atoms in total. The molecular weight excluding hydrogens is 370 g/mol. The number of hydrogen-bond acceptors (Lipinski definition) is 6. The summed E-state index contributed by atoms with van der Waals surface area (Å²) in [6.45, 7) is 2.61. The van der Waals surface area contributed by atoms with E-state index in [-0.39, 0.29) is 12.5 Å². The summed E-state index contributed by atoms with van der Waals surface area (Å²) in [4.78, 5) is 14.5. The first kappa shape index (κ1) is 18.8. The molecule has 2 N–H and O–H groups in total. The van der Waals surface area contributed by atoms with E-state index in [4.69, 9.17) is 0 Å². The van der Waals surface area contributed by atoms with Gasteiger partial charge in [0.15, 0.2) is 5.65 Å². The number of hydrogen-bond donors (Lipinski definition) is 2. The highest BCUT2D eigenvalue weighted by molar-refractivity contribution is 6.05. The molecule has 0 aliphatic carbocycles. The van der Waals surface area contributed by atoms with Gasteiger partial charge in [-0.1, -0.05) is 30.3 Å². The Bertz CT molecular complexity index is 1160. The first-order chi connectivity index (χ1) is 13.9. The van der Waals surface area contributed by atoms with E-state index >= 15 is 0 Å². The number of fused-ring (bicyclic) bond motifs is 1. The zero-order valence-electron chi connectivity index (χ0n) is 16.8. The van der Waals surface area contributed by atoms with E-state index in [1.165, 1.54) is 0 Å². The van der Waals surface area contributed by atoms with E-state index in [9.17, 15) is 4.79 Å². The van der Waals surface area contributed by atoms with Gasteiger partial charge in [-0.15, -0.1) is 10.2 Å². The summed E-state index contributed by atoms with van der Waals surface area (Å²) in [5, 5.41) is 23.7. The van der Waals surface area contributed by atoms with Crippen molar-refractivity contribution < 1.29 is 4.79 Å². The molecule has 10 heteroatoms. The molecule has 150 valence electrons. The van der Waals surface area contributed by atoms with Gasteiger partial charge in [0, 0.05) is 19.7 Å². The average molecular weight is 393 g/mol. The third-order valence-corrected chi connectivity index (χ3v) is 4.86. The van der Waals surface area contributed by atoms with Crippen LogP contribution in [0, 0.1) is 6.92 Å². The van der Waals surface area contributed by atoms with Crippen LogP contribution in [0.2, 0.25) is 0 Å². The fourth-order valence-corrected chi connectivity index (χ4v) is 3.24. The summed E-state index contributed by atoms with van der Waals surface area (Å²) in [7, 11) is 5.61. The van der Waals surface area contributed by atoms with Crippen LogP contribution >= 0.6 is 0 Å². The SMILES string of the molecule is Cc1nnc(CN(C)CC(=O)Nc2[nH]nc3c2c(-c2ccccc2)nn3C)n1C. The monoisotopic (exact) mass is 393 g/mol. The number of benzene rings is 1. The molecule has 0 spiro atoms. The second kappa shape index (κ2) is 7.47. The number of carbonyl (C=O) groups is 1. The molecule has 0 bridgehead atoms. The van der Waals surface area contributed by atoms with E-state index in [1.54, 1.807) is 4.68 Å². The molecular formula is C19H23N9O. The molecule has 0 aliphatic heterocycles. The number of aryl methyl sites for hydroxylation is 2. The maximum absolute atomic E-state index is 12.6. The number of H-pyrrole nitrogens is 1. The lowest BCUT2D eigenvalue weighted by Crippen LogP contribution is -2.30. The van der Waals surface area contributed by atoms with Gasteiger partial charge < -0.3 is 9.88 Å². The minimum Gasteiger partial charge on any atom is -0.317 e. The Labute approximate surface area is 167 Å². The number of amides is 1. The van der Waals surface area contributed by atoms with Gasteiger partial charge in [-0.05, 0) is 14.0 Å². The lowest BCUT2D eigenvalue weighted by molar-refractivity contribution is -0.117. The normalized spacial score (nSPS) is 11.5. The van der Waals surface area contributed by atoms with Crippen LogP contribution in [-0.4, -0.2) is 59.1 Å². The molecule has 0 atom stereocenters. The number of rotatable bonds is 6. The largest absolute Gasteiger partial charge is 0.317 e. The smallest absolute Gasteiger partial charge is 0.239 e. The summed E-state index contributed by atoms with van der Waals surface area (Å²) in [6.07, 6.45) is 0.